The van der Waals surface area contributed by atoms with Gasteiger partial charge >= 0.3 is 5.97 Å². The molecule has 0 amide bonds. The van der Waals surface area contributed by atoms with Gasteiger partial charge in [-0.1, -0.05) is 0 Å². The molecule has 0 N–H and O–H groups in total. The van der Waals surface area contributed by atoms with Crippen molar-refractivity contribution in [3.8, 4) is 11.3 Å². The lowest BCUT2D eigenvalue weighted by atomic mass is 10.1. The summed E-state index contributed by atoms with van der Waals surface area (Å²) in [6, 6.07) is 7.01. The van der Waals surface area contributed by atoms with E-state index in [2.05, 4.69) is 4.98 Å². The maximum Gasteiger partial charge on any atom is 0.355 e. The van der Waals surface area contributed by atoms with Crippen LogP contribution in [-0.4, -0.2) is 22.0 Å². The number of ether oxygens (including phenoxy) is 1. The zero-order valence-electron chi connectivity index (χ0n) is 11.6. The van der Waals surface area contributed by atoms with Gasteiger partial charge in [0.25, 0.3) is 5.56 Å². The Hall–Kier alpha value is -2.54. The summed E-state index contributed by atoms with van der Waals surface area (Å²) in [5.74, 6) is -0.947. The molecule has 0 aliphatic heterocycles. The van der Waals surface area contributed by atoms with Crippen LogP contribution < -0.4 is 5.56 Å². The van der Waals surface area contributed by atoms with E-state index in [1.165, 1.54) is 23.5 Å². The zero-order valence-corrected chi connectivity index (χ0v) is 12.4. The van der Waals surface area contributed by atoms with Crippen LogP contribution in [0.3, 0.4) is 0 Å². The fraction of sp³-hybridized carbons (Fsp3) is 0.133. The fourth-order valence-corrected chi connectivity index (χ4v) is 3.01. The maximum absolute atomic E-state index is 13.1. The molecule has 112 valence electrons. The molecular weight excluding hydrogens is 307 g/mol. The van der Waals surface area contributed by atoms with Crippen LogP contribution in [0.4, 0.5) is 4.39 Å². The van der Waals surface area contributed by atoms with Crippen LogP contribution in [0.25, 0.3) is 16.2 Å². The Bertz CT molecular complexity index is 899. The number of aromatic nitrogens is 2. The average molecular weight is 318 g/mol. The normalized spacial score (nSPS) is 10.8. The first kappa shape index (κ1) is 14.4. The van der Waals surface area contributed by atoms with E-state index in [0.29, 0.717) is 16.2 Å². The maximum atomic E-state index is 13.1. The lowest BCUT2D eigenvalue weighted by Crippen LogP contribution is -2.17. The van der Waals surface area contributed by atoms with Crippen molar-refractivity contribution in [3.63, 3.8) is 0 Å². The van der Waals surface area contributed by atoms with E-state index in [4.69, 9.17) is 4.74 Å². The predicted octanol–water partition coefficient (Wildman–Crippen LogP) is 2.74. The summed E-state index contributed by atoms with van der Waals surface area (Å²) in [6.45, 7) is 1.89. The van der Waals surface area contributed by atoms with Crippen LogP contribution in [-0.2, 0) is 4.74 Å². The van der Waals surface area contributed by atoms with Crippen molar-refractivity contribution in [2.45, 2.75) is 6.92 Å². The SMILES string of the molecule is CCOC(=O)c1cc(=O)nc2scc(-c3ccc(F)cc3)n12. The van der Waals surface area contributed by atoms with Crippen molar-refractivity contribution < 1.29 is 13.9 Å². The molecule has 5 nitrogen and oxygen atoms in total. The van der Waals surface area contributed by atoms with Crippen LogP contribution >= 0.6 is 11.3 Å². The van der Waals surface area contributed by atoms with E-state index in [1.54, 1.807) is 28.8 Å². The number of rotatable bonds is 3. The molecule has 0 saturated carbocycles. The molecule has 0 aliphatic carbocycles. The number of fused-ring (bicyclic) bond motifs is 1. The van der Waals surface area contributed by atoms with E-state index < -0.39 is 11.5 Å². The highest BCUT2D eigenvalue weighted by Crippen LogP contribution is 2.26. The van der Waals surface area contributed by atoms with Crippen molar-refractivity contribution >= 4 is 22.3 Å². The molecule has 2 aromatic heterocycles. The van der Waals surface area contributed by atoms with Gasteiger partial charge in [0.05, 0.1) is 12.3 Å². The molecule has 2 heterocycles. The monoisotopic (exact) mass is 318 g/mol. The predicted molar refractivity (Wildman–Crippen MR) is 80.7 cm³/mol. The summed E-state index contributed by atoms with van der Waals surface area (Å²) in [5, 5.41) is 1.76. The van der Waals surface area contributed by atoms with Gasteiger partial charge in [-0.2, -0.15) is 4.98 Å². The summed E-state index contributed by atoms with van der Waals surface area (Å²) in [4.78, 5) is 28.0. The van der Waals surface area contributed by atoms with Gasteiger partial charge in [-0.3, -0.25) is 9.20 Å². The summed E-state index contributed by atoms with van der Waals surface area (Å²) < 4.78 is 19.6. The minimum atomic E-state index is -0.598. The Morgan fingerprint density at radius 2 is 2.09 bits per heavy atom. The van der Waals surface area contributed by atoms with Crippen LogP contribution in [0.5, 0.6) is 0 Å². The van der Waals surface area contributed by atoms with Crippen LogP contribution in [0.1, 0.15) is 17.4 Å². The molecule has 0 fully saturated rings. The smallest absolute Gasteiger partial charge is 0.355 e. The topological polar surface area (TPSA) is 60.7 Å². The second kappa shape index (κ2) is 5.69. The van der Waals surface area contributed by atoms with E-state index in [0.717, 1.165) is 6.07 Å². The molecule has 0 aliphatic rings. The lowest BCUT2D eigenvalue weighted by Gasteiger charge is -2.08. The summed E-state index contributed by atoms with van der Waals surface area (Å²) in [5.41, 5.74) is 0.965. The molecule has 3 aromatic rings. The molecule has 22 heavy (non-hydrogen) atoms. The summed E-state index contributed by atoms with van der Waals surface area (Å²) in [7, 11) is 0. The van der Waals surface area contributed by atoms with Crippen LogP contribution in [0.2, 0.25) is 0 Å². The van der Waals surface area contributed by atoms with Gasteiger partial charge in [0.15, 0.2) is 4.96 Å². The quantitative estimate of drug-likeness (QED) is 0.697. The number of carbonyl (C=O) groups is 1. The number of nitrogens with zero attached hydrogens (tertiary/aromatic N) is 2. The minimum absolute atomic E-state index is 0.109. The highest BCUT2D eigenvalue weighted by atomic mass is 32.1. The van der Waals surface area contributed by atoms with Gasteiger partial charge in [-0.25, -0.2) is 9.18 Å². The van der Waals surface area contributed by atoms with E-state index >= 15 is 0 Å². The minimum Gasteiger partial charge on any atom is -0.461 e. The summed E-state index contributed by atoms with van der Waals surface area (Å²) >= 11 is 1.23. The molecule has 7 heteroatoms. The van der Waals surface area contributed by atoms with Crippen molar-refractivity contribution in [1.29, 1.82) is 0 Å². The first-order valence-electron chi connectivity index (χ1n) is 6.54. The van der Waals surface area contributed by atoms with Gasteiger partial charge < -0.3 is 4.74 Å². The molecule has 3 rings (SSSR count). The largest absolute Gasteiger partial charge is 0.461 e. The first-order valence-corrected chi connectivity index (χ1v) is 7.42. The van der Waals surface area contributed by atoms with Crippen molar-refractivity contribution in [3.05, 3.63) is 57.6 Å². The molecule has 0 saturated heterocycles. The summed E-state index contributed by atoms with van der Waals surface area (Å²) in [6.07, 6.45) is 0. The number of hydrogen-bond donors (Lipinski definition) is 0. The number of benzene rings is 1. The van der Waals surface area contributed by atoms with Gasteiger partial charge in [-0.05, 0) is 36.8 Å². The van der Waals surface area contributed by atoms with Gasteiger partial charge in [0.2, 0.25) is 0 Å². The highest BCUT2D eigenvalue weighted by Gasteiger charge is 2.17. The Morgan fingerprint density at radius 1 is 1.36 bits per heavy atom. The highest BCUT2D eigenvalue weighted by molar-refractivity contribution is 7.15. The van der Waals surface area contributed by atoms with E-state index in [-0.39, 0.29) is 18.1 Å². The molecule has 0 bridgehead atoms. The third-order valence-corrected chi connectivity index (χ3v) is 3.87. The second-order valence-electron chi connectivity index (χ2n) is 4.45. The van der Waals surface area contributed by atoms with Crippen LogP contribution in [0, 0.1) is 5.82 Å². The Labute approximate surface area is 128 Å². The standard InChI is InChI=1S/C15H11FN2O3S/c1-2-21-14(20)11-7-13(19)17-15-18(11)12(8-22-15)9-3-5-10(16)6-4-9/h3-8H,2H2,1H3. The zero-order chi connectivity index (χ0) is 15.7. The third kappa shape index (κ3) is 2.50. The van der Waals surface area contributed by atoms with Crippen LogP contribution in [0.15, 0.2) is 40.5 Å². The first-order chi connectivity index (χ1) is 10.6. The van der Waals surface area contributed by atoms with Gasteiger partial charge in [-0.15, -0.1) is 11.3 Å². The average Bonchev–Trinajstić information content (AvgIpc) is 2.91. The van der Waals surface area contributed by atoms with Gasteiger partial charge in [0.1, 0.15) is 11.5 Å². The molecule has 0 unspecified atom stereocenters. The van der Waals surface area contributed by atoms with Crippen molar-refractivity contribution in [2.24, 2.45) is 0 Å². The Balaban J connectivity index is 2.26. The second-order valence-corrected chi connectivity index (χ2v) is 5.28. The molecule has 0 spiro atoms. The third-order valence-electron chi connectivity index (χ3n) is 3.04. The number of esters is 1. The van der Waals surface area contributed by atoms with E-state index in [1.807, 2.05) is 0 Å². The Kier molecular flexibility index (Phi) is 3.72. The number of carbonyl (C=O) groups excluding carboxylic acids is 1. The molecular formula is C15H11FN2O3S. The van der Waals surface area contributed by atoms with Crippen molar-refractivity contribution in [1.82, 2.24) is 9.38 Å². The Morgan fingerprint density at radius 3 is 2.77 bits per heavy atom. The lowest BCUT2D eigenvalue weighted by molar-refractivity contribution is 0.0517. The number of halogens is 1. The molecule has 0 atom stereocenters. The van der Waals surface area contributed by atoms with Crippen molar-refractivity contribution in [2.75, 3.05) is 6.61 Å². The number of thiazole rings is 1. The number of hydrogen-bond acceptors (Lipinski definition) is 5. The molecule has 0 radical (unpaired) electrons. The van der Waals surface area contributed by atoms with E-state index in [9.17, 15) is 14.0 Å². The molecule has 1 aromatic carbocycles. The fourth-order valence-electron chi connectivity index (χ4n) is 2.11. The van der Waals surface area contributed by atoms with Gasteiger partial charge in [0, 0.05) is 11.4 Å².